The third-order valence-corrected chi connectivity index (χ3v) is 4.49. The fourth-order valence-electron chi connectivity index (χ4n) is 3.23. The molecule has 2 amide bonds. The maximum Gasteiger partial charge on any atom is 0.407 e. The van der Waals surface area contributed by atoms with Gasteiger partial charge in [-0.2, -0.15) is 0 Å². The van der Waals surface area contributed by atoms with Gasteiger partial charge >= 0.3 is 12.1 Å². The summed E-state index contributed by atoms with van der Waals surface area (Å²) in [6.07, 6.45) is -0.838. The Bertz CT molecular complexity index is 856. The molecular formula is C21H25N3O6. The van der Waals surface area contributed by atoms with Gasteiger partial charge in [-0.1, -0.05) is 48.5 Å². The lowest BCUT2D eigenvalue weighted by Gasteiger charge is -2.17. The Balaban J connectivity index is 0.00000101. The van der Waals surface area contributed by atoms with Crippen LogP contribution in [0.3, 0.4) is 0 Å². The summed E-state index contributed by atoms with van der Waals surface area (Å²) < 4.78 is 5.30. The van der Waals surface area contributed by atoms with E-state index in [1.165, 1.54) is 14.0 Å². The molecule has 1 aliphatic carbocycles. The molecule has 3 rings (SSSR count). The highest BCUT2D eigenvalue weighted by molar-refractivity contribution is 5.82. The number of carbonyl (C=O) groups is 3. The van der Waals surface area contributed by atoms with Crippen LogP contribution in [0, 0.1) is 0 Å². The smallest absolute Gasteiger partial charge is 0.407 e. The first-order valence-corrected chi connectivity index (χ1v) is 9.20. The maximum absolute atomic E-state index is 12.1. The number of benzene rings is 2. The zero-order chi connectivity index (χ0) is 22.1. The molecule has 9 heteroatoms. The van der Waals surface area contributed by atoms with Crippen LogP contribution in [0.2, 0.25) is 0 Å². The van der Waals surface area contributed by atoms with Crippen molar-refractivity contribution in [1.29, 1.82) is 0 Å². The van der Waals surface area contributed by atoms with Crippen LogP contribution in [0.25, 0.3) is 11.1 Å². The minimum atomic E-state index is -1.26. The summed E-state index contributed by atoms with van der Waals surface area (Å²) in [7, 11) is 1.40. The Labute approximate surface area is 174 Å². The standard InChI is InChI=1S/C20H20N2O5.CH5NO/c1-12(23)21-10-18(19(24)25)22-20(26)27-11-17-15-8-4-2-6-13(15)14-7-3-5-9-16(14)17;1-3-2/h2-9,17-18H,10-11H2,1H3,(H,21,23)(H,22,26)(H,24,25);2H2,1H3/t18-;/m0./s1. The number of ether oxygens (including phenoxy) is 1. The molecule has 0 heterocycles. The molecule has 2 aromatic carbocycles. The van der Waals surface area contributed by atoms with Gasteiger partial charge in [0.25, 0.3) is 0 Å². The van der Waals surface area contributed by atoms with Crippen molar-refractivity contribution in [3.8, 4) is 11.1 Å². The molecule has 0 spiro atoms. The second-order valence-corrected chi connectivity index (χ2v) is 6.53. The number of amides is 2. The lowest BCUT2D eigenvalue weighted by Crippen LogP contribution is -2.48. The van der Waals surface area contributed by atoms with E-state index < -0.39 is 18.1 Å². The number of aliphatic carboxylic acids is 1. The number of rotatable bonds is 6. The Hall–Kier alpha value is -3.43. The summed E-state index contributed by atoms with van der Waals surface area (Å²) in [5.74, 6) is 2.61. The van der Waals surface area contributed by atoms with E-state index in [0.29, 0.717) is 0 Å². The SMILES string of the molecule is CC(=O)NC[C@H](NC(=O)OCC1c2ccccc2-c2ccccc21)C(=O)O.CON. The molecule has 1 atom stereocenters. The van der Waals surface area contributed by atoms with Crippen LogP contribution in [0.4, 0.5) is 4.79 Å². The number of nitrogens with two attached hydrogens (primary N) is 1. The summed E-state index contributed by atoms with van der Waals surface area (Å²) in [5, 5.41) is 13.8. The zero-order valence-electron chi connectivity index (χ0n) is 16.8. The topological polar surface area (TPSA) is 140 Å². The molecular weight excluding hydrogens is 390 g/mol. The molecule has 0 saturated carbocycles. The van der Waals surface area contributed by atoms with E-state index in [0.717, 1.165) is 22.3 Å². The van der Waals surface area contributed by atoms with E-state index in [2.05, 4.69) is 21.4 Å². The van der Waals surface area contributed by atoms with Gasteiger partial charge in [-0.15, -0.1) is 0 Å². The number of carboxylic acid groups (broad SMARTS) is 1. The molecule has 0 fully saturated rings. The van der Waals surface area contributed by atoms with E-state index in [1.54, 1.807) is 0 Å². The summed E-state index contributed by atoms with van der Waals surface area (Å²) in [6, 6.07) is 14.6. The van der Waals surface area contributed by atoms with E-state index in [1.807, 2.05) is 48.5 Å². The Morgan fingerprint density at radius 1 is 1.07 bits per heavy atom. The molecule has 0 unspecified atom stereocenters. The summed E-state index contributed by atoms with van der Waals surface area (Å²) in [5.41, 5.74) is 4.35. The molecule has 160 valence electrons. The molecule has 5 N–H and O–H groups in total. The number of carboxylic acids is 1. The predicted molar refractivity (Wildman–Crippen MR) is 110 cm³/mol. The minimum absolute atomic E-state index is 0.0896. The average molecular weight is 415 g/mol. The molecule has 30 heavy (non-hydrogen) atoms. The largest absolute Gasteiger partial charge is 0.480 e. The Morgan fingerprint density at radius 2 is 1.57 bits per heavy atom. The van der Waals surface area contributed by atoms with Gasteiger partial charge in [-0.3, -0.25) is 4.79 Å². The van der Waals surface area contributed by atoms with E-state index in [9.17, 15) is 14.4 Å². The first-order chi connectivity index (χ1) is 14.4. The number of carbonyl (C=O) groups excluding carboxylic acids is 2. The molecule has 9 nitrogen and oxygen atoms in total. The highest BCUT2D eigenvalue weighted by Crippen LogP contribution is 2.44. The van der Waals surface area contributed by atoms with Gasteiger partial charge in [0.2, 0.25) is 5.91 Å². The Kier molecular flexibility index (Phi) is 8.33. The van der Waals surface area contributed by atoms with Gasteiger partial charge in [-0.25, -0.2) is 15.5 Å². The second kappa shape index (κ2) is 10.9. The third kappa shape index (κ3) is 5.79. The van der Waals surface area contributed by atoms with Gasteiger partial charge in [-0.05, 0) is 22.3 Å². The van der Waals surface area contributed by atoms with Crippen molar-refractivity contribution in [1.82, 2.24) is 10.6 Å². The van der Waals surface area contributed by atoms with Gasteiger partial charge in [0.1, 0.15) is 12.6 Å². The van der Waals surface area contributed by atoms with Crippen molar-refractivity contribution >= 4 is 18.0 Å². The van der Waals surface area contributed by atoms with Crippen molar-refractivity contribution in [2.45, 2.75) is 18.9 Å². The number of fused-ring (bicyclic) bond motifs is 3. The molecule has 0 radical (unpaired) electrons. The van der Waals surface area contributed by atoms with Crippen molar-refractivity contribution in [2.75, 3.05) is 20.3 Å². The van der Waals surface area contributed by atoms with E-state index in [4.69, 9.17) is 9.84 Å². The highest BCUT2D eigenvalue weighted by Gasteiger charge is 2.29. The van der Waals surface area contributed by atoms with Crippen LogP contribution in [0.15, 0.2) is 48.5 Å². The van der Waals surface area contributed by atoms with Crippen molar-refractivity contribution in [2.24, 2.45) is 5.90 Å². The number of hydrogen-bond donors (Lipinski definition) is 4. The first-order valence-electron chi connectivity index (χ1n) is 9.20. The van der Waals surface area contributed by atoms with Gasteiger partial charge < -0.3 is 25.3 Å². The van der Waals surface area contributed by atoms with Gasteiger partial charge in [0, 0.05) is 19.4 Å². The average Bonchev–Trinajstić information content (AvgIpc) is 3.03. The monoisotopic (exact) mass is 415 g/mol. The summed E-state index contributed by atoms with van der Waals surface area (Å²) >= 11 is 0. The summed E-state index contributed by atoms with van der Waals surface area (Å²) in [4.78, 5) is 38.0. The van der Waals surface area contributed by atoms with Gasteiger partial charge in [0.15, 0.2) is 0 Å². The van der Waals surface area contributed by atoms with Crippen LogP contribution in [-0.2, 0) is 19.2 Å². The molecule has 0 aliphatic heterocycles. The van der Waals surface area contributed by atoms with E-state index >= 15 is 0 Å². The van der Waals surface area contributed by atoms with Crippen molar-refractivity contribution in [3.05, 3.63) is 59.7 Å². The van der Waals surface area contributed by atoms with Crippen molar-refractivity contribution < 1.29 is 29.1 Å². The van der Waals surface area contributed by atoms with Gasteiger partial charge in [0.05, 0.1) is 7.11 Å². The molecule has 0 aromatic heterocycles. The normalized spacial score (nSPS) is 12.5. The lowest BCUT2D eigenvalue weighted by molar-refractivity contribution is -0.139. The highest BCUT2D eigenvalue weighted by atomic mass is 16.6. The second-order valence-electron chi connectivity index (χ2n) is 6.53. The summed E-state index contributed by atoms with van der Waals surface area (Å²) in [6.45, 7) is 1.15. The number of nitrogens with one attached hydrogen (secondary N) is 2. The third-order valence-electron chi connectivity index (χ3n) is 4.49. The minimum Gasteiger partial charge on any atom is -0.480 e. The molecule has 0 saturated heterocycles. The maximum atomic E-state index is 12.1. The molecule has 2 aromatic rings. The van der Waals surface area contributed by atoms with Crippen LogP contribution in [-0.4, -0.2) is 49.4 Å². The van der Waals surface area contributed by atoms with Crippen LogP contribution in [0.1, 0.15) is 24.0 Å². The fourth-order valence-corrected chi connectivity index (χ4v) is 3.23. The Morgan fingerprint density at radius 3 is 2.03 bits per heavy atom. The van der Waals surface area contributed by atoms with Crippen LogP contribution >= 0.6 is 0 Å². The molecule has 0 bridgehead atoms. The predicted octanol–water partition coefficient (Wildman–Crippen LogP) is 1.62. The quantitative estimate of drug-likeness (QED) is 0.526. The molecule has 1 aliphatic rings. The fraction of sp³-hybridized carbons (Fsp3) is 0.286. The van der Waals surface area contributed by atoms with Crippen molar-refractivity contribution in [3.63, 3.8) is 0 Å². The number of alkyl carbamates (subject to hydrolysis) is 1. The van der Waals surface area contributed by atoms with Crippen LogP contribution < -0.4 is 16.5 Å². The number of hydrogen-bond acceptors (Lipinski definition) is 6. The van der Waals surface area contributed by atoms with Crippen LogP contribution in [0.5, 0.6) is 0 Å². The lowest BCUT2D eigenvalue weighted by atomic mass is 9.98. The first kappa shape index (κ1) is 22.9. The zero-order valence-corrected chi connectivity index (χ0v) is 16.8. The van der Waals surface area contributed by atoms with E-state index in [-0.39, 0.29) is 25.0 Å².